The second kappa shape index (κ2) is 10.2. The van der Waals surface area contributed by atoms with Crippen molar-refractivity contribution in [2.24, 2.45) is 11.8 Å². The highest BCUT2D eigenvalue weighted by atomic mass is 16.7. The van der Waals surface area contributed by atoms with E-state index >= 15 is 0 Å². The van der Waals surface area contributed by atoms with Crippen LogP contribution in [-0.4, -0.2) is 81.9 Å². The molecule has 8 atom stereocenters. The van der Waals surface area contributed by atoms with Crippen LogP contribution in [0, 0.1) is 11.8 Å². The number of ether oxygens (including phenoxy) is 4. The number of carboxylic acids is 1. The average molecular weight is 545 g/mol. The first-order valence-corrected chi connectivity index (χ1v) is 13.1. The molecule has 1 saturated heterocycles. The van der Waals surface area contributed by atoms with E-state index in [9.17, 15) is 30.0 Å². The van der Waals surface area contributed by atoms with E-state index in [1.807, 2.05) is 13.0 Å². The molecule has 2 fully saturated rings. The van der Waals surface area contributed by atoms with Gasteiger partial charge in [0.15, 0.2) is 11.9 Å². The van der Waals surface area contributed by atoms with Gasteiger partial charge in [-0.15, -0.1) is 6.58 Å². The summed E-state index contributed by atoms with van der Waals surface area (Å²) < 4.78 is 23.4. The molecule has 39 heavy (non-hydrogen) atoms. The number of esters is 1. The summed E-state index contributed by atoms with van der Waals surface area (Å²) in [7, 11) is 1.22. The fourth-order valence-electron chi connectivity index (χ4n) is 6.64. The van der Waals surface area contributed by atoms with Crippen LogP contribution < -0.4 is 15.6 Å². The summed E-state index contributed by atoms with van der Waals surface area (Å²) in [6, 6.07) is 1.93. The van der Waals surface area contributed by atoms with Crippen molar-refractivity contribution in [3.05, 3.63) is 46.6 Å². The molecule has 11 heteroatoms. The number of fused-ring (bicyclic) bond motifs is 2. The fraction of sp³-hybridized carbons (Fsp3) is 0.571. The number of carboxylic acid groups (broad SMARTS) is 1. The van der Waals surface area contributed by atoms with Crippen molar-refractivity contribution in [1.82, 2.24) is 4.98 Å². The Kier molecular flexibility index (Phi) is 7.23. The lowest BCUT2D eigenvalue weighted by Gasteiger charge is -2.60. The first kappa shape index (κ1) is 27.6. The number of hydrogen-bond donors (Lipinski definition) is 4. The van der Waals surface area contributed by atoms with Crippen LogP contribution in [0.3, 0.4) is 0 Å². The molecule has 1 aromatic heterocycles. The van der Waals surface area contributed by atoms with E-state index in [-0.39, 0.29) is 24.8 Å². The molecular formula is C28H34NO10-. The Hall–Kier alpha value is -2.96. The van der Waals surface area contributed by atoms with Crippen molar-refractivity contribution in [2.75, 3.05) is 13.7 Å². The second-order valence-corrected chi connectivity index (χ2v) is 10.5. The molecule has 3 heterocycles. The van der Waals surface area contributed by atoms with Gasteiger partial charge < -0.3 is 44.4 Å². The Morgan fingerprint density at radius 3 is 2.77 bits per heavy atom. The standard InChI is InChI=1S/C28H34NO10/c1-4-14-10-18-19-8-9-27(35)25(34)28(19,37-13-20(18)29-14)22(12-30)39-26(27)38-21-7-6-16(24(33)36-3)17(11-23(31)32)15(21)5-2/h5-6,10,13,15,17,21-22,25-26,30,34-35H,2,4,7-9,11-12H2,1,3H3,(H,31,32)/q-1/t15-,17+,21-,22-,25-,26-,27-,28-/m1/s1. The summed E-state index contributed by atoms with van der Waals surface area (Å²) in [6.45, 7) is 5.29. The number of aliphatic hydroxyl groups is 3. The summed E-state index contributed by atoms with van der Waals surface area (Å²) in [5.41, 5.74) is -1.66. The predicted molar refractivity (Wildman–Crippen MR) is 135 cm³/mol. The normalized spacial score (nSPS) is 36.9. The lowest BCUT2D eigenvalue weighted by atomic mass is 9.63. The Bertz CT molecular complexity index is 1320. The smallest absolute Gasteiger partial charge is 0.333 e. The number of aliphatic carboxylic acids is 1. The summed E-state index contributed by atoms with van der Waals surface area (Å²) in [5, 5.41) is 44.9. The number of aliphatic hydroxyl groups excluding tert-OH is 2. The largest absolute Gasteiger partial charge is 0.658 e. The van der Waals surface area contributed by atoms with Gasteiger partial charge in [0, 0.05) is 17.4 Å². The number of rotatable bonds is 8. The molecule has 1 saturated carbocycles. The molecule has 212 valence electrons. The number of hydrogen-bond acceptors (Lipinski definition) is 9. The number of aromatic nitrogens is 1. The van der Waals surface area contributed by atoms with Crippen LogP contribution >= 0.6 is 0 Å². The third kappa shape index (κ3) is 4.15. The maximum Gasteiger partial charge on any atom is 0.333 e. The number of aryl methyl sites for hydroxylation is 1. The maximum atomic E-state index is 12.4. The van der Waals surface area contributed by atoms with Crippen molar-refractivity contribution in [3.63, 3.8) is 0 Å². The first-order valence-electron chi connectivity index (χ1n) is 13.1. The zero-order chi connectivity index (χ0) is 28.1. The van der Waals surface area contributed by atoms with E-state index in [4.69, 9.17) is 18.9 Å². The molecule has 0 amide bonds. The van der Waals surface area contributed by atoms with Gasteiger partial charge in [-0.2, -0.15) is 5.69 Å². The van der Waals surface area contributed by atoms with Crippen LogP contribution in [0.2, 0.25) is 0 Å². The quantitative estimate of drug-likeness (QED) is 0.240. The van der Waals surface area contributed by atoms with E-state index in [1.54, 1.807) is 6.08 Å². The van der Waals surface area contributed by atoms with Crippen LogP contribution in [0.15, 0.2) is 30.4 Å². The van der Waals surface area contributed by atoms with Crippen LogP contribution in [0.25, 0.3) is 11.8 Å². The molecule has 5 rings (SSSR count). The van der Waals surface area contributed by atoms with Crippen molar-refractivity contribution in [2.45, 2.75) is 74.8 Å². The third-order valence-electron chi connectivity index (χ3n) is 8.62. The summed E-state index contributed by atoms with van der Waals surface area (Å²) in [6.07, 6.45) is 0.754. The van der Waals surface area contributed by atoms with Gasteiger partial charge in [0.1, 0.15) is 17.8 Å². The van der Waals surface area contributed by atoms with Gasteiger partial charge >= 0.3 is 11.9 Å². The molecule has 2 aliphatic heterocycles. The molecule has 0 radical (unpaired) electrons. The van der Waals surface area contributed by atoms with Crippen LogP contribution in [0.4, 0.5) is 0 Å². The number of carbonyl (C=O) groups excluding carboxylic acids is 1. The van der Waals surface area contributed by atoms with Gasteiger partial charge in [-0.1, -0.05) is 36.9 Å². The highest BCUT2D eigenvalue weighted by molar-refractivity contribution is 5.90. The van der Waals surface area contributed by atoms with Gasteiger partial charge in [-0.3, -0.25) is 4.79 Å². The Morgan fingerprint density at radius 2 is 2.13 bits per heavy atom. The predicted octanol–water partition coefficient (Wildman–Crippen LogP) is -0.752. The monoisotopic (exact) mass is 544 g/mol. The zero-order valence-electron chi connectivity index (χ0n) is 21.9. The van der Waals surface area contributed by atoms with E-state index in [2.05, 4.69) is 11.6 Å². The van der Waals surface area contributed by atoms with E-state index in [1.165, 1.54) is 19.4 Å². The van der Waals surface area contributed by atoms with Gasteiger partial charge in [-0.05, 0) is 30.1 Å². The minimum Gasteiger partial charge on any atom is -0.658 e. The summed E-state index contributed by atoms with van der Waals surface area (Å²) in [4.78, 5) is 28.6. The number of methoxy groups -OCH3 is 1. The molecule has 4 N–H and O–H groups in total. The Balaban J connectivity index is 1.49. The summed E-state index contributed by atoms with van der Waals surface area (Å²) >= 11 is 0. The first-order chi connectivity index (χ1) is 18.6. The topological polar surface area (TPSA) is 166 Å². The molecule has 1 aromatic rings. The highest BCUT2D eigenvalue weighted by Crippen LogP contribution is 2.52. The third-order valence-corrected chi connectivity index (χ3v) is 8.62. The Morgan fingerprint density at radius 1 is 1.36 bits per heavy atom. The molecule has 0 unspecified atom stereocenters. The van der Waals surface area contributed by atoms with Crippen molar-refractivity contribution in [3.8, 4) is 0 Å². The molecular weight excluding hydrogens is 510 g/mol. The molecule has 2 bridgehead atoms. The zero-order valence-corrected chi connectivity index (χ0v) is 21.9. The number of nitrogens with zero attached hydrogens (tertiary/aromatic N) is 1. The van der Waals surface area contributed by atoms with E-state index in [0.29, 0.717) is 23.8 Å². The van der Waals surface area contributed by atoms with E-state index < -0.39 is 66.2 Å². The SMILES string of the molecule is C=C[C@@H]1[C@H](CC(=O)O)C(C(=O)OC)=CC[C@H]1O[C@@H]1O[C@H](CO)[C@]23OC=c4[n-]c(CC)cc4=C2CC[C@@]1(O)[C@H]3O. The van der Waals surface area contributed by atoms with Crippen molar-refractivity contribution >= 4 is 23.8 Å². The minimum absolute atomic E-state index is 0.0801. The number of carbonyl (C=O) groups is 2. The fourth-order valence-corrected chi connectivity index (χ4v) is 6.64. The van der Waals surface area contributed by atoms with Crippen molar-refractivity contribution < 1.29 is 49.0 Å². The second-order valence-electron chi connectivity index (χ2n) is 10.5. The molecule has 2 aliphatic carbocycles. The average Bonchev–Trinajstić information content (AvgIpc) is 3.35. The Labute approximate surface area is 225 Å². The van der Waals surface area contributed by atoms with Gasteiger partial charge in [0.25, 0.3) is 0 Å². The van der Waals surface area contributed by atoms with Crippen LogP contribution in [0.1, 0.15) is 38.3 Å². The van der Waals surface area contributed by atoms with Crippen molar-refractivity contribution in [1.29, 1.82) is 0 Å². The van der Waals surface area contributed by atoms with E-state index in [0.717, 1.165) is 10.9 Å². The molecule has 11 nitrogen and oxygen atoms in total. The lowest BCUT2D eigenvalue weighted by Crippen LogP contribution is -2.77. The molecule has 4 aliphatic rings. The summed E-state index contributed by atoms with van der Waals surface area (Å²) in [5.74, 6) is -3.16. The highest BCUT2D eigenvalue weighted by Gasteiger charge is 2.69. The maximum absolute atomic E-state index is 12.4. The molecule has 0 aromatic carbocycles. The van der Waals surface area contributed by atoms with Crippen LogP contribution in [-0.2, 0) is 35.0 Å². The van der Waals surface area contributed by atoms with Gasteiger partial charge in [0.2, 0.25) is 0 Å². The van der Waals surface area contributed by atoms with Gasteiger partial charge in [0.05, 0.1) is 32.5 Å². The lowest BCUT2D eigenvalue weighted by molar-refractivity contribution is -0.371. The minimum atomic E-state index is -1.91. The van der Waals surface area contributed by atoms with Gasteiger partial charge in [-0.25, -0.2) is 4.79 Å². The van der Waals surface area contributed by atoms with Crippen LogP contribution in [0.5, 0.6) is 0 Å². The molecule has 1 spiro atoms.